The normalized spacial score (nSPS) is 13.7. The molecule has 0 atom stereocenters. The Balaban J connectivity index is 0.599. The standard InChI is InChI=1S/C123H90N6/c1-73-118(94-46-13-10-37-85(94)79-55-58-109(124-70-79)76-31-28-34-82(61-76)127-112-52-25-19-43-91(112)100-64-97-88-40-16-22-49-103(88)121(4,5)106(97)67-115(100)127)74(2)120(96-48-15-12-39-87(96)81-57-60-111(126-72-81)78-33-30-36-84(63-78)129-114-54-27-21-45-93(114)102-66-99-90-42-18-24-51-105(90)123(8,9)108(99)69-117(102)129)75(3)119(73)95-47-14-11-38-86(95)80-56-59-110(125-71-80)77-32-29-35-83(62-77)128-113-53-26-20-44-92(113)101-65-98-89-41-17-23-50-104(89)122(6,7)107(98)68-116(101)128/h10-72H,1-9H3. The van der Waals surface area contributed by atoms with Gasteiger partial charge in [0.15, 0.2) is 0 Å². The van der Waals surface area contributed by atoms with E-state index in [0.29, 0.717) is 0 Å². The van der Waals surface area contributed by atoms with Crippen molar-refractivity contribution in [3.8, 4) is 151 Å². The monoisotopic (exact) mass is 1650 g/mol. The Kier molecular flexibility index (Phi) is 16.7. The molecular weight excluding hydrogens is 1560 g/mol. The van der Waals surface area contributed by atoms with Crippen molar-refractivity contribution in [1.82, 2.24) is 28.7 Å². The quantitative estimate of drug-likeness (QED) is 0.122. The summed E-state index contributed by atoms with van der Waals surface area (Å²) >= 11 is 0. The van der Waals surface area contributed by atoms with Gasteiger partial charge in [0.05, 0.1) is 50.2 Å². The lowest BCUT2D eigenvalue weighted by atomic mass is 9.77. The van der Waals surface area contributed by atoms with E-state index in [1.165, 1.54) is 166 Å². The van der Waals surface area contributed by atoms with Gasteiger partial charge in [0.1, 0.15) is 0 Å². The first kappa shape index (κ1) is 75.9. The number of pyridine rings is 3. The van der Waals surface area contributed by atoms with Gasteiger partial charge in [-0.1, -0.05) is 296 Å². The third-order valence-corrected chi connectivity index (χ3v) is 29.4. The van der Waals surface area contributed by atoms with E-state index in [-0.39, 0.29) is 16.2 Å². The van der Waals surface area contributed by atoms with E-state index < -0.39 is 0 Å². The Morgan fingerprint density at radius 2 is 0.442 bits per heavy atom. The van der Waals surface area contributed by atoms with Gasteiger partial charge in [0.25, 0.3) is 0 Å². The summed E-state index contributed by atoms with van der Waals surface area (Å²) in [5.74, 6) is 0. The van der Waals surface area contributed by atoms with Crippen LogP contribution in [-0.2, 0) is 16.2 Å². The lowest BCUT2D eigenvalue weighted by molar-refractivity contribution is 0.661. The number of para-hydroxylation sites is 3. The minimum absolute atomic E-state index is 0.143. The average molecular weight is 1650 g/mol. The fourth-order valence-electron chi connectivity index (χ4n) is 23.2. The molecule has 6 nitrogen and oxygen atoms in total. The van der Waals surface area contributed by atoms with Gasteiger partial charge in [0.2, 0.25) is 0 Å². The van der Waals surface area contributed by atoms with Crippen LogP contribution in [0.5, 0.6) is 0 Å². The maximum absolute atomic E-state index is 5.42. The third kappa shape index (κ3) is 11.3. The first-order valence-electron chi connectivity index (χ1n) is 45.2. The van der Waals surface area contributed by atoms with Crippen molar-refractivity contribution in [2.24, 2.45) is 0 Å². The zero-order valence-corrected chi connectivity index (χ0v) is 73.6. The van der Waals surface area contributed by atoms with E-state index in [2.05, 4.69) is 459 Å². The van der Waals surface area contributed by atoms with Crippen molar-refractivity contribution in [2.45, 2.75) is 78.6 Å². The number of fused-ring (bicyclic) bond motifs is 18. The summed E-state index contributed by atoms with van der Waals surface area (Å²) in [4.78, 5) is 16.3. The number of hydrogen-bond donors (Lipinski definition) is 0. The van der Waals surface area contributed by atoms with Crippen LogP contribution in [0, 0.1) is 20.8 Å². The lowest BCUT2D eigenvalue weighted by Crippen LogP contribution is -2.14. The largest absolute Gasteiger partial charge is 0.309 e. The first-order chi connectivity index (χ1) is 63.0. The van der Waals surface area contributed by atoms with Gasteiger partial charge >= 0.3 is 0 Å². The molecule has 0 amide bonds. The summed E-state index contributed by atoms with van der Waals surface area (Å²) in [6.45, 7) is 21.2. The number of rotatable bonds is 12. The van der Waals surface area contributed by atoms with Crippen molar-refractivity contribution in [1.29, 1.82) is 0 Å². The molecule has 0 radical (unpaired) electrons. The zero-order valence-electron chi connectivity index (χ0n) is 73.6. The summed E-state index contributed by atoms with van der Waals surface area (Å²) in [5.41, 5.74) is 48.9. The fourth-order valence-corrected chi connectivity index (χ4v) is 23.2. The molecule has 0 N–H and O–H groups in total. The van der Waals surface area contributed by atoms with Crippen molar-refractivity contribution in [2.75, 3.05) is 0 Å². The summed E-state index contributed by atoms with van der Waals surface area (Å²) in [6.07, 6.45) is 6.25. The molecule has 0 fully saturated rings. The molecule has 25 rings (SSSR count). The second kappa shape index (κ2) is 28.4. The molecule has 0 saturated heterocycles. The van der Waals surface area contributed by atoms with Gasteiger partial charge in [-0.05, 0) is 263 Å². The number of nitrogens with zero attached hydrogens (tertiary/aromatic N) is 6. The van der Waals surface area contributed by atoms with Crippen LogP contribution in [0.1, 0.15) is 91.6 Å². The first-order valence-corrected chi connectivity index (χ1v) is 45.2. The Morgan fingerprint density at radius 3 is 0.721 bits per heavy atom. The molecule has 6 heterocycles. The molecule has 6 aromatic heterocycles. The van der Waals surface area contributed by atoms with Crippen molar-refractivity contribution >= 4 is 65.4 Å². The molecule has 0 saturated carbocycles. The molecule has 22 aromatic rings. The molecule has 0 bridgehead atoms. The van der Waals surface area contributed by atoms with Gasteiger partial charge in [-0.3, -0.25) is 15.0 Å². The topological polar surface area (TPSA) is 53.5 Å². The highest BCUT2D eigenvalue weighted by Crippen LogP contribution is 2.57. The molecule has 0 unspecified atom stereocenters. The Labute approximate surface area is 751 Å². The van der Waals surface area contributed by atoms with Crippen LogP contribution in [0.2, 0.25) is 0 Å². The average Bonchev–Trinajstić information content (AvgIpc) is 1.55. The van der Waals surface area contributed by atoms with Crippen LogP contribution in [0.4, 0.5) is 0 Å². The van der Waals surface area contributed by atoms with Gasteiger partial charge in [-0.15, -0.1) is 0 Å². The molecule has 612 valence electrons. The van der Waals surface area contributed by atoms with E-state index >= 15 is 0 Å². The highest BCUT2D eigenvalue weighted by molar-refractivity contribution is 6.15. The number of hydrogen-bond acceptors (Lipinski definition) is 3. The van der Waals surface area contributed by atoms with E-state index in [0.717, 1.165) is 101 Å². The minimum Gasteiger partial charge on any atom is -0.309 e. The minimum atomic E-state index is -0.143. The van der Waals surface area contributed by atoms with Crippen molar-refractivity contribution in [3.63, 3.8) is 0 Å². The summed E-state index contributed by atoms with van der Waals surface area (Å²) in [5, 5.41) is 7.48. The molecular formula is C123H90N6. The van der Waals surface area contributed by atoms with E-state index in [1.807, 2.05) is 0 Å². The van der Waals surface area contributed by atoms with Gasteiger partial charge in [0, 0.05) is 118 Å². The van der Waals surface area contributed by atoms with Gasteiger partial charge in [-0.2, -0.15) is 0 Å². The SMILES string of the molecule is Cc1c(-c2ccccc2-c2ccc(-c3cccc(-n4c5ccccc5c5cc6c(cc54)C(C)(C)c4ccccc4-6)c3)nc2)c(C)c(-c2ccccc2-c2ccc(-c3cccc(-n4c5ccccc5c5cc6c(cc54)C(C)(C)c4ccccc4-6)c3)nc2)c(C)c1-c1ccccc1-c1ccc(-c2cccc(-n3c4ccccc4c4cc5c(cc43)C(C)(C)c3ccccc3-5)c2)nc1. The van der Waals surface area contributed by atoms with Crippen LogP contribution < -0.4 is 0 Å². The highest BCUT2D eigenvalue weighted by atomic mass is 15.0. The molecule has 16 aromatic carbocycles. The smallest absolute Gasteiger partial charge is 0.0703 e. The molecule has 0 aliphatic heterocycles. The molecule has 0 spiro atoms. The molecule has 6 heteroatoms. The Hall–Kier alpha value is -15.6. The maximum atomic E-state index is 5.42. The Morgan fingerprint density at radius 1 is 0.186 bits per heavy atom. The highest BCUT2D eigenvalue weighted by Gasteiger charge is 2.40. The van der Waals surface area contributed by atoms with Crippen LogP contribution in [0.15, 0.2) is 383 Å². The van der Waals surface area contributed by atoms with Crippen LogP contribution >= 0.6 is 0 Å². The van der Waals surface area contributed by atoms with Gasteiger partial charge in [-0.25, -0.2) is 0 Å². The fraction of sp³-hybridized carbons (Fsp3) is 0.0976. The number of benzene rings is 16. The van der Waals surface area contributed by atoms with E-state index in [1.54, 1.807) is 0 Å². The Bertz CT molecular complexity index is 7720. The van der Waals surface area contributed by atoms with Crippen molar-refractivity contribution < 1.29 is 0 Å². The molecule has 129 heavy (non-hydrogen) atoms. The second-order valence-electron chi connectivity index (χ2n) is 37.4. The molecule has 3 aliphatic carbocycles. The lowest BCUT2D eigenvalue weighted by Gasteiger charge is -2.26. The van der Waals surface area contributed by atoms with Gasteiger partial charge < -0.3 is 13.7 Å². The van der Waals surface area contributed by atoms with Crippen LogP contribution in [0.25, 0.3) is 216 Å². The summed E-state index contributed by atoms with van der Waals surface area (Å²) in [6, 6.07) is 135. The van der Waals surface area contributed by atoms with Crippen molar-refractivity contribution in [3.05, 3.63) is 433 Å². The third-order valence-electron chi connectivity index (χ3n) is 29.4. The predicted molar refractivity (Wildman–Crippen MR) is 539 cm³/mol. The van der Waals surface area contributed by atoms with Crippen LogP contribution in [-0.4, -0.2) is 28.7 Å². The maximum Gasteiger partial charge on any atom is 0.0703 e. The molecule has 3 aliphatic rings. The second-order valence-corrected chi connectivity index (χ2v) is 37.4. The van der Waals surface area contributed by atoms with Crippen LogP contribution in [0.3, 0.4) is 0 Å². The van der Waals surface area contributed by atoms with E-state index in [9.17, 15) is 0 Å². The summed E-state index contributed by atoms with van der Waals surface area (Å²) < 4.78 is 7.37. The predicted octanol–water partition coefficient (Wildman–Crippen LogP) is 32.0. The van der Waals surface area contributed by atoms with E-state index in [4.69, 9.17) is 15.0 Å². The summed E-state index contributed by atoms with van der Waals surface area (Å²) in [7, 11) is 0. The number of aromatic nitrogens is 6. The zero-order chi connectivity index (χ0) is 86.6.